The van der Waals surface area contributed by atoms with Gasteiger partial charge in [0, 0.05) is 18.9 Å². The molecule has 1 heterocycles. The smallest absolute Gasteiger partial charge is 0.227 e. The summed E-state index contributed by atoms with van der Waals surface area (Å²) in [5, 5.41) is 0. The molecule has 2 N–H and O–H groups in total. The van der Waals surface area contributed by atoms with Crippen molar-refractivity contribution in [2.24, 2.45) is 5.92 Å². The third-order valence-electron chi connectivity index (χ3n) is 3.03. The number of nitrogen functional groups attached to an aromatic ring is 1. The Labute approximate surface area is 95.6 Å². The zero-order chi connectivity index (χ0) is 11.7. The summed E-state index contributed by atoms with van der Waals surface area (Å²) < 4.78 is 0. The first-order valence-corrected chi connectivity index (χ1v) is 5.41. The molecule has 16 heavy (non-hydrogen) atoms. The Morgan fingerprint density at radius 3 is 2.88 bits per heavy atom. The molecule has 3 nitrogen and oxygen atoms in total. The summed E-state index contributed by atoms with van der Waals surface area (Å²) >= 11 is 0. The summed E-state index contributed by atoms with van der Waals surface area (Å²) in [5.41, 5.74) is 8.49. The molecule has 1 amide bonds. The van der Waals surface area contributed by atoms with E-state index in [4.69, 9.17) is 5.73 Å². The molecule has 0 spiro atoms. The molecule has 0 aromatic heterocycles. The Kier molecular flexibility index (Phi) is 2.69. The van der Waals surface area contributed by atoms with Crippen molar-refractivity contribution in [2.45, 2.75) is 13.3 Å². The van der Waals surface area contributed by atoms with Crippen molar-refractivity contribution in [3.8, 4) is 0 Å². The van der Waals surface area contributed by atoms with Crippen LogP contribution < -0.4 is 10.6 Å². The van der Waals surface area contributed by atoms with Gasteiger partial charge in [0.1, 0.15) is 0 Å². The molecule has 1 aliphatic heterocycles. The second-order valence-corrected chi connectivity index (χ2v) is 4.22. The van der Waals surface area contributed by atoms with Crippen LogP contribution >= 0.6 is 0 Å². The highest BCUT2D eigenvalue weighted by Crippen LogP contribution is 2.32. The van der Waals surface area contributed by atoms with Gasteiger partial charge in [-0.15, -0.1) is 6.58 Å². The molecule has 0 radical (unpaired) electrons. The summed E-state index contributed by atoms with van der Waals surface area (Å²) in [6, 6.07) is 5.71. The number of carbonyl (C=O) groups excluding carboxylic acids is 1. The van der Waals surface area contributed by atoms with Gasteiger partial charge < -0.3 is 10.6 Å². The lowest BCUT2D eigenvalue weighted by molar-refractivity contribution is -0.117. The Morgan fingerprint density at radius 2 is 2.31 bits per heavy atom. The molecule has 3 heteroatoms. The van der Waals surface area contributed by atoms with Gasteiger partial charge in [-0.1, -0.05) is 18.2 Å². The number of aryl methyl sites for hydroxylation is 1. The van der Waals surface area contributed by atoms with Gasteiger partial charge in [0.2, 0.25) is 5.91 Å². The summed E-state index contributed by atoms with van der Waals surface area (Å²) in [7, 11) is 0. The van der Waals surface area contributed by atoms with Crippen LogP contribution in [0.25, 0.3) is 0 Å². The monoisotopic (exact) mass is 216 g/mol. The lowest BCUT2D eigenvalue weighted by Gasteiger charge is -2.20. The van der Waals surface area contributed by atoms with E-state index in [1.54, 1.807) is 4.90 Å². The van der Waals surface area contributed by atoms with Crippen LogP contribution in [0.4, 0.5) is 11.4 Å². The highest BCUT2D eigenvalue weighted by atomic mass is 16.2. The number of hydrogen-bond donors (Lipinski definition) is 1. The zero-order valence-electron chi connectivity index (χ0n) is 9.44. The Morgan fingerprint density at radius 1 is 1.56 bits per heavy atom. The fourth-order valence-corrected chi connectivity index (χ4v) is 2.16. The Bertz CT molecular complexity index is 419. The van der Waals surface area contributed by atoms with Gasteiger partial charge in [-0.3, -0.25) is 4.79 Å². The molecule has 0 bridgehead atoms. The number of benzene rings is 1. The minimum absolute atomic E-state index is 0.130. The Hall–Kier alpha value is -1.77. The molecule has 1 aliphatic rings. The van der Waals surface area contributed by atoms with E-state index in [9.17, 15) is 4.79 Å². The third-order valence-corrected chi connectivity index (χ3v) is 3.03. The van der Waals surface area contributed by atoms with Gasteiger partial charge in [0.25, 0.3) is 0 Å². The van der Waals surface area contributed by atoms with E-state index in [1.165, 1.54) is 0 Å². The first-order valence-electron chi connectivity index (χ1n) is 5.41. The number of para-hydroxylation sites is 1. The molecular weight excluding hydrogens is 200 g/mol. The van der Waals surface area contributed by atoms with Gasteiger partial charge in [0.15, 0.2) is 0 Å². The van der Waals surface area contributed by atoms with Crippen molar-refractivity contribution in [1.82, 2.24) is 0 Å². The number of nitrogens with zero attached hydrogens (tertiary/aromatic N) is 1. The third kappa shape index (κ3) is 1.69. The molecule has 1 saturated heterocycles. The predicted molar refractivity (Wildman–Crippen MR) is 66.2 cm³/mol. The largest absolute Gasteiger partial charge is 0.397 e. The van der Waals surface area contributed by atoms with Crippen LogP contribution in [0.3, 0.4) is 0 Å². The molecule has 0 aliphatic carbocycles. The minimum Gasteiger partial charge on any atom is -0.397 e. The number of carbonyl (C=O) groups is 1. The number of hydrogen-bond acceptors (Lipinski definition) is 2. The van der Waals surface area contributed by atoms with E-state index in [0.717, 1.165) is 11.3 Å². The summed E-state index contributed by atoms with van der Waals surface area (Å²) in [6.07, 6.45) is 2.38. The van der Waals surface area contributed by atoms with Gasteiger partial charge in [-0.2, -0.15) is 0 Å². The number of anilines is 2. The molecule has 1 atom stereocenters. The van der Waals surface area contributed by atoms with Crippen molar-refractivity contribution < 1.29 is 4.79 Å². The maximum Gasteiger partial charge on any atom is 0.227 e. The van der Waals surface area contributed by atoms with Crippen molar-refractivity contribution >= 4 is 17.3 Å². The second kappa shape index (κ2) is 4.00. The first kappa shape index (κ1) is 10.7. The van der Waals surface area contributed by atoms with E-state index < -0.39 is 0 Å². The number of rotatable bonds is 2. The maximum absolute atomic E-state index is 11.9. The van der Waals surface area contributed by atoms with Crippen molar-refractivity contribution in [3.05, 3.63) is 36.4 Å². The highest BCUT2D eigenvalue weighted by molar-refractivity contribution is 5.99. The van der Waals surface area contributed by atoms with E-state index in [-0.39, 0.29) is 11.8 Å². The molecule has 2 rings (SSSR count). The highest BCUT2D eigenvalue weighted by Gasteiger charge is 2.30. The normalized spacial score (nSPS) is 20.2. The average molecular weight is 216 g/mol. The lowest BCUT2D eigenvalue weighted by Crippen LogP contribution is -2.26. The maximum atomic E-state index is 11.9. The summed E-state index contributed by atoms with van der Waals surface area (Å²) in [4.78, 5) is 13.6. The van der Waals surface area contributed by atoms with Crippen molar-refractivity contribution in [2.75, 3.05) is 17.2 Å². The van der Waals surface area contributed by atoms with Gasteiger partial charge in [0.05, 0.1) is 11.4 Å². The molecule has 0 saturated carbocycles. The second-order valence-electron chi connectivity index (χ2n) is 4.22. The molecule has 1 unspecified atom stereocenters. The summed E-state index contributed by atoms with van der Waals surface area (Å²) in [6.45, 7) is 6.40. The van der Waals surface area contributed by atoms with Crippen LogP contribution in [0.15, 0.2) is 30.9 Å². The van der Waals surface area contributed by atoms with Crippen LogP contribution in [0.5, 0.6) is 0 Å². The topological polar surface area (TPSA) is 46.3 Å². The van der Waals surface area contributed by atoms with E-state index in [0.29, 0.717) is 18.7 Å². The number of amides is 1. The Balaban J connectivity index is 2.38. The fraction of sp³-hybridized carbons (Fsp3) is 0.308. The van der Waals surface area contributed by atoms with Crippen LogP contribution in [0.2, 0.25) is 0 Å². The lowest BCUT2D eigenvalue weighted by atomic mass is 10.1. The summed E-state index contributed by atoms with van der Waals surface area (Å²) in [5.74, 6) is 0.373. The van der Waals surface area contributed by atoms with Gasteiger partial charge >= 0.3 is 0 Å². The van der Waals surface area contributed by atoms with E-state index >= 15 is 0 Å². The standard InChI is InChI=1S/C13H16N2O/c1-3-10-7-12(16)15(8-10)13-9(2)5-4-6-11(13)14/h3-6,10H,1,7-8,14H2,2H3. The quantitative estimate of drug-likeness (QED) is 0.608. The molecule has 1 aromatic rings. The average Bonchev–Trinajstić information content (AvgIpc) is 2.60. The molecule has 1 aromatic carbocycles. The SMILES string of the molecule is C=CC1CC(=O)N(c2c(C)cccc2N)C1. The van der Waals surface area contributed by atoms with Crippen molar-refractivity contribution in [1.29, 1.82) is 0 Å². The number of nitrogens with two attached hydrogens (primary N) is 1. The van der Waals surface area contributed by atoms with Crippen molar-refractivity contribution in [3.63, 3.8) is 0 Å². The predicted octanol–water partition coefficient (Wildman–Crippen LogP) is 2.12. The van der Waals surface area contributed by atoms with Gasteiger partial charge in [-0.05, 0) is 18.6 Å². The first-order chi connectivity index (χ1) is 7.63. The van der Waals surface area contributed by atoms with Gasteiger partial charge in [-0.25, -0.2) is 0 Å². The van der Waals surface area contributed by atoms with Crippen LogP contribution in [0, 0.1) is 12.8 Å². The molecular formula is C13H16N2O. The molecule has 84 valence electrons. The van der Waals surface area contributed by atoms with E-state index in [1.807, 2.05) is 31.2 Å². The van der Waals surface area contributed by atoms with Crippen LogP contribution in [0.1, 0.15) is 12.0 Å². The minimum atomic E-state index is 0.130. The van der Waals surface area contributed by atoms with Crippen LogP contribution in [-0.4, -0.2) is 12.5 Å². The molecule has 1 fully saturated rings. The van der Waals surface area contributed by atoms with E-state index in [2.05, 4.69) is 6.58 Å². The fourth-order valence-electron chi connectivity index (χ4n) is 2.16. The zero-order valence-corrected chi connectivity index (χ0v) is 9.44. The van der Waals surface area contributed by atoms with Crippen LogP contribution in [-0.2, 0) is 4.79 Å².